The Morgan fingerprint density at radius 1 is 1.06 bits per heavy atom. The summed E-state index contributed by atoms with van der Waals surface area (Å²) in [4.78, 5) is 87.1. The molecule has 1 aliphatic heterocycles. The number of nitrogens with one attached hydrogen (secondary N) is 4. The largest absolute Gasteiger partial charge is 0.460 e. The minimum Gasteiger partial charge on any atom is -0.460 e. The summed E-state index contributed by atoms with van der Waals surface area (Å²) >= 11 is 0. The fraction of sp³-hybridized carbons (Fsp3) is 0.611. The number of carbonyl (C=O) groups is 6. The molecule has 1 aromatic heterocycles. The third-order valence-corrected chi connectivity index (χ3v) is 8.64. The summed E-state index contributed by atoms with van der Waals surface area (Å²) in [6.45, 7) is 10.8. The maximum absolute atomic E-state index is 14.1. The molecule has 6 N–H and O–H groups in total. The molecule has 0 radical (unpaired) electrons. The van der Waals surface area contributed by atoms with E-state index in [-0.39, 0.29) is 38.1 Å². The van der Waals surface area contributed by atoms with Crippen LogP contribution >= 0.6 is 0 Å². The van der Waals surface area contributed by atoms with Crippen LogP contribution in [0.5, 0.6) is 0 Å². The monoisotopic (exact) mass is 723 g/mol. The number of aromatic amines is 1. The van der Waals surface area contributed by atoms with Gasteiger partial charge in [0.2, 0.25) is 29.5 Å². The number of fused-ring (bicyclic) bond motifs is 1. The van der Waals surface area contributed by atoms with Crippen LogP contribution in [-0.2, 0) is 39.9 Å². The van der Waals surface area contributed by atoms with Crippen molar-refractivity contribution in [3.05, 3.63) is 46.5 Å². The van der Waals surface area contributed by atoms with Gasteiger partial charge in [-0.3, -0.25) is 28.8 Å². The predicted molar refractivity (Wildman–Crippen MR) is 194 cm³/mol. The average Bonchev–Trinajstić information content (AvgIpc) is 3.72. The summed E-state index contributed by atoms with van der Waals surface area (Å²) in [6, 6.07) is 2.00. The number of hydrogen-bond acceptors (Lipinski definition) is 8. The van der Waals surface area contributed by atoms with E-state index < -0.39 is 77.7 Å². The fourth-order valence-electron chi connectivity index (χ4n) is 6.19. The summed E-state index contributed by atoms with van der Waals surface area (Å²) in [5.41, 5.74) is 15.9. The highest BCUT2D eigenvalue weighted by atomic mass is 16.6. The molecule has 1 aliphatic rings. The topological polar surface area (TPSA) is 242 Å². The highest BCUT2D eigenvalue weighted by molar-refractivity contribution is 5.97. The second-order valence-electron chi connectivity index (χ2n) is 14.6. The number of para-hydroxylation sites is 1. The van der Waals surface area contributed by atoms with Crippen LogP contribution in [0.2, 0.25) is 0 Å². The molecule has 1 aromatic carbocycles. The molecular formula is C36H53N9O7. The number of benzene rings is 1. The first-order valence-corrected chi connectivity index (χ1v) is 17.9. The zero-order valence-electron chi connectivity index (χ0n) is 30.9. The fourth-order valence-corrected chi connectivity index (χ4v) is 6.19. The van der Waals surface area contributed by atoms with Crippen LogP contribution in [0.4, 0.5) is 0 Å². The standard InChI is InChI=1S/C36H53N9O7/c1-7-8-13-26(32(48)41-27(17-21(2)3)33(49)43-44-38)40-34(50)29-15-11-16-45(29)35(51)28(19-30(46)52-36(4,5)6)42-31(47)24(37)18-22-20-39-25-14-10-9-12-23(22)25/h9-10,12,14,20-21,24,26-29,39H,7-8,11,13,15-19,37H2,1-6H3,(H,40,50)(H,41,48)(H,42,47)/t24-,26-,27+,28-,29+/m1/s1. The van der Waals surface area contributed by atoms with E-state index in [4.69, 9.17) is 16.0 Å². The maximum atomic E-state index is 14.1. The van der Waals surface area contributed by atoms with Crippen LogP contribution < -0.4 is 21.7 Å². The number of carbonyl (C=O) groups excluding carboxylic acids is 6. The normalized spacial score (nSPS) is 16.7. The lowest BCUT2D eigenvalue weighted by Crippen LogP contribution is -2.58. The molecule has 2 aromatic rings. The molecule has 0 spiro atoms. The van der Waals surface area contributed by atoms with Crippen molar-refractivity contribution in [3.63, 3.8) is 0 Å². The Balaban J connectivity index is 1.80. The number of azide groups is 1. The van der Waals surface area contributed by atoms with Crippen LogP contribution in [0.3, 0.4) is 0 Å². The lowest BCUT2D eigenvalue weighted by Gasteiger charge is -2.31. The molecule has 52 heavy (non-hydrogen) atoms. The Morgan fingerprint density at radius 2 is 1.75 bits per heavy atom. The van der Waals surface area contributed by atoms with E-state index in [0.717, 1.165) is 22.9 Å². The summed E-state index contributed by atoms with van der Waals surface area (Å²) in [5, 5.41) is 12.1. The summed E-state index contributed by atoms with van der Waals surface area (Å²) in [5.74, 6) is -4.11. The summed E-state index contributed by atoms with van der Waals surface area (Å²) in [7, 11) is 0. The predicted octanol–water partition coefficient (Wildman–Crippen LogP) is 3.29. The zero-order valence-corrected chi connectivity index (χ0v) is 30.9. The minimum atomic E-state index is -1.38. The van der Waals surface area contributed by atoms with Gasteiger partial charge in [0.25, 0.3) is 0 Å². The van der Waals surface area contributed by atoms with Gasteiger partial charge in [0, 0.05) is 28.6 Å². The summed E-state index contributed by atoms with van der Waals surface area (Å²) < 4.78 is 5.46. The molecule has 3 rings (SSSR count). The molecule has 16 heteroatoms. The van der Waals surface area contributed by atoms with Crippen LogP contribution in [0, 0.1) is 5.92 Å². The van der Waals surface area contributed by atoms with Crippen molar-refractivity contribution in [2.24, 2.45) is 16.8 Å². The molecule has 16 nitrogen and oxygen atoms in total. The van der Waals surface area contributed by atoms with Gasteiger partial charge in [0.05, 0.1) is 18.5 Å². The number of aromatic nitrogens is 1. The number of amides is 5. The van der Waals surface area contributed by atoms with E-state index in [2.05, 4.69) is 31.0 Å². The van der Waals surface area contributed by atoms with Crippen LogP contribution in [0.15, 0.2) is 35.6 Å². The van der Waals surface area contributed by atoms with E-state index in [1.165, 1.54) is 4.90 Å². The number of H-pyrrole nitrogens is 1. The molecule has 0 bridgehead atoms. The molecule has 5 amide bonds. The molecule has 0 unspecified atom stereocenters. The molecule has 1 fully saturated rings. The van der Waals surface area contributed by atoms with Crippen molar-refractivity contribution in [3.8, 4) is 0 Å². The third kappa shape index (κ3) is 12.1. The quantitative estimate of drug-likeness (QED) is 0.0700. The zero-order chi connectivity index (χ0) is 38.6. The van der Waals surface area contributed by atoms with Crippen molar-refractivity contribution in [1.29, 1.82) is 0 Å². The number of unbranched alkanes of at least 4 members (excludes halogenated alkanes) is 1. The highest BCUT2D eigenvalue weighted by Gasteiger charge is 2.40. The SMILES string of the molecule is CCCC[C@@H](NC(=O)[C@@H]1CCCN1C(=O)[C@@H](CC(=O)OC(C)(C)C)NC(=O)[C@H](N)Cc1c[nH]c2ccccc12)C(=O)N[C@@H](CC(C)C)C(=O)N=[N+]=[N-]. The van der Waals surface area contributed by atoms with Gasteiger partial charge in [0.15, 0.2) is 0 Å². The first-order chi connectivity index (χ1) is 24.5. The van der Waals surface area contributed by atoms with Gasteiger partial charge in [0.1, 0.15) is 23.7 Å². The Morgan fingerprint density at radius 3 is 2.40 bits per heavy atom. The van der Waals surface area contributed by atoms with Crippen LogP contribution in [-0.4, -0.2) is 87.7 Å². The van der Waals surface area contributed by atoms with Gasteiger partial charge in [-0.25, -0.2) is 0 Å². The van der Waals surface area contributed by atoms with Crippen molar-refractivity contribution in [1.82, 2.24) is 25.8 Å². The molecule has 0 saturated carbocycles. The number of nitrogens with zero attached hydrogens (tertiary/aromatic N) is 4. The average molecular weight is 724 g/mol. The second kappa shape index (κ2) is 19.0. The van der Waals surface area contributed by atoms with E-state index in [1.807, 2.05) is 45.0 Å². The van der Waals surface area contributed by atoms with E-state index in [9.17, 15) is 28.8 Å². The Labute approximate surface area is 304 Å². The second-order valence-corrected chi connectivity index (χ2v) is 14.6. The number of likely N-dealkylation sites (tertiary alicyclic amines) is 1. The molecular weight excluding hydrogens is 670 g/mol. The van der Waals surface area contributed by atoms with Crippen LogP contribution in [0.25, 0.3) is 21.3 Å². The Hall–Kier alpha value is -4.95. The molecule has 284 valence electrons. The first kappa shape index (κ1) is 41.5. The Bertz CT molecular complexity index is 1640. The maximum Gasteiger partial charge on any atom is 0.308 e. The number of nitrogens with two attached hydrogens (primary N) is 1. The van der Waals surface area contributed by atoms with Gasteiger partial charge in [-0.15, -0.1) is 0 Å². The molecule has 2 heterocycles. The number of hydrogen-bond donors (Lipinski definition) is 5. The smallest absolute Gasteiger partial charge is 0.308 e. The molecule has 0 aliphatic carbocycles. The molecule has 5 atom stereocenters. The van der Waals surface area contributed by atoms with Crippen LogP contribution in [0.1, 0.15) is 92.1 Å². The lowest BCUT2D eigenvalue weighted by molar-refractivity contribution is -0.157. The number of ether oxygens (including phenoxy) is 1. The number of rotatable bonds is 17. The third-order valence-electron chi connectivity index (χ3n) is 8.64. The van der Waals surface area contributed by atoms with Gasteiger partial charge < -0.3 is 36.3 Å². The lowest BCUT2D eigenvalue weighted by atomic mass is 10.0. The van der Waals surface area contributed by atoms with Gasteiger partial charge in [-0.2, -0.15) is 0 Å². The van der Waals surface area contributed by atoms with Gasteiger partial charge in [-0.1, -0.05) is 51.8 Å². The number of esters is 1. The van der Waals surface area contributed by atoms with Gasteiger partial charge in [-0.05, 0) is 81.1 Å². The van der Waals surface area contributed by atoms with Crippen molar-refractivity contribution >= 4 is 46.4 Å². The van der Waals surface area contributed by atoms with Crippen molar-refractivity contribution < 1.29 is 33.5 Å². The van der Waals surface area contributed by atoms with Crippen molar-refractivity contribution in [2.45, 2.75) is 129 Å². The summed E-state index contributed by atoms with van der Waals surface area (Å²) in [6.07, 6.45) is 3.94. The minimum absolute atomic E-state index is 0.0120. The Kier molecular flexibility index (Phi) is 15.2. The molecule has 1 saturated heterocycles. The van der Waals surface area contributed by atoms with E-state index in [1.54, 1.807) is 27.0 Å². The first-order valence-electron chi connectivity index (χ1n) is 17.9. The highest BCUT2D eigenvalue weighted by Crippen LogP contribution is 2.22. The van der Waals surface area contributed by atoms with Gasteiger partial charge >= 0.3 is 5.97 Å². The van der Waals surface area contributed by atoms with E-state index in [0.29, 0.717) is 12.8 Å². The van der Waals surface area contributed by atoms with Crippen molar-refractivity contribution in [2.75, 3.05) is 6.54 Å². The van der Waals surface area contributed by atoms with E-state index >= 15 is 0 Å².